The predicted octanol–water partition coefficient (Wildman–Crippen LogP) is 0.514. The fraction of sp³-hybridized carbons (Fsp3) is 0.333. The van der Waals surface area contributed by atoms with Crippen molar-refractivity contribution in [1.82, 2.24) is 10.6 Å². The number of phenols is 1. The molecule has 0 saturated heterocycles. The number of benzene rings is 2. The van der Waals surface area contributed by atoms with Crippen LogP contribution in [0.4, 0.5) is 4.79 Å². The fourth-order valence-corrected chi connectivity index (χ4v) is 3.12. The Kier molecular flexibility index (Phi) is 10.5. The molecule has 0 unspecified atom stereocenters. The lowest BCUT2D eigenvalue weighted by Crippen LogP contribution is -2.55. The molecule has 2 rings (SSSR count). The molecule has 6 N–H and O–H groups in total. The Morgan fingerprint density at radius 1 is 0.943 bits per heavy atom. The van der Waals surface area contributed by atoms with E-state index in [-0.39, 0.29) is 25.4 Å². The van der Waals surface area contributed by atoms with Gasteiger partial charge >= 0.3 is 12.1 Å². The number of carbonyl (C=O) groups is 4. The quantitative estimate of drug-likeness (QED) is 0.269. The molecule has 0 aliphatic rings. The van der Waals surface area contributed by atoms with Gasteiger partial charge in [0.1, 0.15) is 18.4 Å². The molecule has 0 bridgehead atoms. The molecule has 0 saturated carbocycles. The molecule has 0 aliphatic heterocycles. The first-order chi connectivity index (χ1) is 16.7. The summed E-state index contributed by atoms with van der Waals surface area (Å²) in [6.45, 7) is 1.50. The van der Waals surface area contributed by atoms with Crippen molar-refractivity contribution in [3.8, 4) is 5.75 Å². The monoisotopic (exact) mass is 487 g/mol. The van der Waals surface area contributed by atoms with Crippen molar-refractivity contribution < 1.29 is 38.9 Å². The lowest BCUT2D eigenvalue weighted by Gasteiger charge is -2.25. The van der Waals surface area contributed by atoms with Gasteiger partial charge in [-0.2, -0.15) is 0 Å². The van der Waals surface area contributed by atoms with Gasteiger partial charge in [-0.05, 0) is 36.6 Å². The summed E-state index contributed by atoms with van der Waals surface area (Å²) in [4.78, 5) is 48.8. The first-order valence-electron chi connectivity index (χ1n) is 10.9. The van der Waals surface area contributed by atoms with Gasteiger partial charge in [-0.3, -0.25) is 9.59 Å². The van der Waals surface area contributed by atoms with E-state index in [0.29, 0.717) is 11.1 Å². The summed E-state index contributed by atoms with van der Waals surface area (Å²) in [5, 5.41) is 24.7. The fourth-order valence-electron chi connectivity index (χ4n) is 3.12. The number of nitrogens with two attached hydrogens (primary N) is 1. The Morgan fingerprint density at radius 2 is 1.60 bits per heavy atom. The maximum Gasteiger partial charge on any atom is 0.408 e. The number of nitrogens with one attached hydrogen (secondary N) is 2. The number of aliphatic hydroxyl groups excluding tert-OH is 1. The van der Waals surface area contributed by atoms with Crippen LogP contribution < -0.4 is 16.4 Å². The maximum absolute atomic E-state index is 12.9. The van der Waals surface area contributed by atoms with Gasteiger partial charge in [0, 0.05) is 0 Å². The second-order valence-corrected chi connectivity index (χ2v) is 7.61. The first-order valence-corrected chi connectivity index (χ1v) is 10.9. The summed E-state index contributed by atoms with van der Waals surface area (Å²) in [6.07, 6.45) is -3.27. The minimum atomic E-state index is -1.74. The maximum atomic E-state index is 12.9. The molecule has 2 aromatic rings. The number of phenolic OH excluding ortho intramolecular Hbond substituents is 1. The van der Waals surface area contributed by atoms with E-state index in [1.54, 1.807) is 49.4 Å². The number of hydrogen-bond acceptors (Lipinski definition) is 8. The molecular formula is C24H29N3O8. The highest BCUT2D eigenvalue weighted by Crippen LogP contribution is 2.14. The Morgan fingerprint density at radius 3 is 2.20 bits per heavy atom. The minimum Gasteiger partial charge on any atom is -0.508 e. The van der Waals surface area contributed by atoms with Crippen LogP contribution >= 0.6 is 0 Å². The average molecular weight is 488 g/mol. The zero-order valence-electron chi connectivity index (χ0n) is 19.2. The van der Waals surface area contributed by atoms with Crippen molar-refractivity contribution in [2.75, 3.05) is 6.61 Å². The summed E-state index contributed by atoms with van der Waals surface area (Å²) >= 11 is 0. The number of primary amides is 1. The van der Waals surface area contributed by atoms with E-state index in [4.69, 9.17) is 15.2 Å². The predicted molar refractivity (Wildman–Crippen MR) is 124 cm³/mol. The van der Waals surface area contributed by atoms with E-state index in [9.17, 15) is 29.4 Å². The second-order valence-electron chi connectivity index (χ2n) is 7.61. The molecule has 0 radical (unpaired) electrons. The topological polar surface area (TPSA) is 177 Å². The molecule has 0 fully saturated rings. The van der Waals surface area contributed by atoms with E-state index in [0.717, 1.165) is 0 Å². The molecule has 188 valence electrons. The van der Waals surface area contributed by atoms with Crippen molar-refractivity contribution >= 4 is 23.9 Å². The Hall–Kier alpha value is -4.12. The van der Waals surface area contributed by atoms with E-state index >= 15 is 0 Å². The van der Waals surface area contributed by atoms with Crippen LogP contribution in [-0.4, -0.2) is 58.9 Å². The molecule has 0 aliphatic carbocycles. The molecule has 0 spiro atoms. The summed E-state index contributed by atoms with van der Waals surface area (Å²) in [7, 11) is 0. The molecule has 11 nitrogen and oxygen atoms in total. The van der Waals surface area contributed by atoms with Crippen molar-refractivity contribution in [2.45, 2.75) is 44.6 Å². The van der Waals surface area contributed by atoms with Crippen LogP contribution in [0.2, 0.25) is 0 Å². The van der Waals surface area contributed by atoms with E-state index < -0.39 is 48.5 Å². The van der Waals surface area contributed by atoms with Gasteiger partial charge in [-0.25, -0.2) is 9.59 Å². The number of aliphatic hydroxyl groups is 1. The normalized spacial score (nSPS) is 13.1. The van der Waals surface area contributed by atoms with Crippen LogP contribution in [0.25, 0.3) is 0 Å². The van der Waals surface area contributed by atoms with Gasteiger partial charge in [0.15, 0.2) is 6.10 Å². The minimum absolute atomic E-state index is 0.00881. The smallest absolute Gasteiger partial charge is 0.408 e. The lowest BCUT2D eigenvalue weighted by atomic mass is 10.00. The van der Waals surface area contributed by atoms with Crippen LogP contribution in [0.15, 0.2) is 54.6 Å². The van der Waals surface area contributed by atoms with Crippen molar-refractivity contribution in [3.63, 3.8) is 0 Å². The largest absolute Gasteiger partial charge is 0.508 e. The zero-order chi connectivity index (χ0) is 25.8. The summed E-state index contributed by atoms with van der Waals surface area (Å²) < 4.78 is 9.93. The van der Waals surface area contributed by atoms with Crippen LogP contribution in [-0.2, 0) is 36.9 Å². The number of ether oxygens (including phenoxy) is 2. The highest BCUT2D eigenvalue weighted by atomic mass is 16.6. The number of carbonyl (C=O) groups excluding carboxylic acids is 4. The number of hydrogen-bond donors (Lipinski definition) is 5. The van der Waals surface area contributed by atoms with Crippen LogP contribution in [0, 0.1) is 0 Å². The van der Waals surface area contributed by atoms with E-state index in [1.807, 2.05) is 0 Å². The molecule has 3 atom stereocenters. The highest BCUT2D eigenvalue weighted by Gasteiger charge is 2.32. The van der Waals surface area contributed by atoms with Crippen LogP contribution in [0.1, 0.15) is 24.5 Å². The van der Waals surface area contributed by atoms with Gasteiger partial charge in [0.05, 0.1) is 19.1 Å². The van der Waals surface area contributed by atoms with E-state index in [1.165, 1.54) is 12.1 Å². The Balaban J connectivity index is 2.12. The Bertz CT molecular complexity index is 998. The lowest BCUT2D eigenvalue weighted by molar-refractivity contribution is -0.155. The first kappa shape index (κ1) is 27.1. The van der Waals surface area contributed by atoms with Gasteiger partial charge in [0.25, 0.3) is 0 Å². The molecule has 35 heavy (non-hydrogen) atoms. The van der Waals surface area contributed by atoms with Gasteiger partial charge in [0.2, 0.25) is 11.8 Å². The third-order valence-corrected chi connectivity index (χ3v) is 4.86. The molecule has 0 heterocycles. The Labute approximate surface area is 202 Å². The molecule has 3 amide bonds. The van der Waals surface area contributed by atoms with E-state index in [2.05, 4.69) is 10.6 Å². The molecule has 2 aromatic carbocycles. The molecular weight excluding hydrogens is 458 g/mol. The number of rotatable bonds is 12. The number of amides is 3. The van der Waals surface area contributed by atoms with Gasteiger partial charge < -0.3 is 36.1 Å². The van der Waals surface area contributed by atoms with Crippen LogP contribution in [0.5, 0.6) is 5.75 Å². The standard InChI is InChI=1S/C24H29N3O8/c1-2-34-23(32)21(30)18(12-15-8-10-17(28)11-9-15)26-22(31)19(13-20(25)29)27-24(33)35-14-16-6-4-3-5-7-16/h3-11,18-19,21,28,30H,2,12-14H2,1H3,(H2,25,29)(H,26,31)(H,27,33)/t18-,19-,21-/m0/s1. The number of alkyl carbamates (subject to hydrolysis) is 1. The SMILES string of the molecule is CCOC(=O)[C@@H](O)[C@H](Cc1ccc(O)cc1)NC(=O)[C@H](CC(N)=O)NC(=O)OCc1ccccc1. The number of aromatic hydroxyl groups is 1. The van der Waals surface area contributed by atoms with Crippen molar-refractivity contribution in [3.05, 3.63) is 65.7 Å². The molecule has 11 heteroatoms. The van der Waals surface area contributed by atoms with Gasteiger partial charge in [-0.15, -0.1) is 0 Å². The summed E-state index contributed by atoms with van der Waals surface area (Å²) in [6, 6.07) is 12.1. The highest BCUT2D eigenvalue weighted by molar-refractivity contribution is 5.91. The summed E-state index contributed by atoms with van der Waals surface area (Å²) in [5.74, 6) is -2.68. The third-order valence-electron chi connectivity index (χ3n) is 4.86. The van der Waals surface area contributed by atoms with Gasteiger partial charge in [-0.1, -0.05) is 42.5 Å². The number of esters is 1. The average Bonchev–Trinajstić information content (AvgIpc) is 2.83. The van der Waals surface area contributed by atoms with Crippen molar-refractivity contribution in [2.24, 2.45) is 5.73 Å². The third kappa shape index (κ3) is 9.33. The zero-order valence-corrected chi connectivity index (χ0v) is 19.2. The second kappa shape index (κ2) is 13.6. The summed E-state index contributed by atoms with van der Waals surface area (Å²) in [5.41, 5.74) is 6.52. The molecule has 0 aromatic heterocycles. The van der Waals surface area contributed by atoms with Crippen molar-refractivity contribution in [1.29, 1.82) is 0 Å². The van der Waals surface area contributed by atoms with Crippen LogP contribution in [0.3, 0.4) is 0 Å².